The van der Waals surface area contributed by atoms with E-state index in [4.69, 9.17) is 10.5 Å². The van der Waals surface area contributed by atoms with Gasteiger partial charge in [-0.05, 0) is 6.92 Å². The van der Waals surface area contributed by atoms with Gasteiger partial charge in [0.05, 0.1) is 19.3 Å². The van der Waals surface area contributed by atoms with Crippen LogP contribution >= 0.6 is 35.3 Å². The Bertz CT molecular complexity index is 494. The molecule has 1 aliphatic rings. The number of morpholine rings is 1. The molecule has 0 saturated carbocycles. The molecule has 1 saturated heterocycles. The van der Waals surface area contributed by atoms with E-state index in [2.05, 4.69) is 9.98 Å². The summed E-state index contributed by atoms with van der Waals surface area (Å²) >= 11 is 0.929. The Balaban J connectivity index is 0.00000220. The van der Waals surface area contributed by atoms with Gasteiger partial charge in [0.1, 0.15) is 5.01 Å². The normalized spacial score (nSPS) is 20.3. The minimum absolute atomic E-state index is 0. The van der Waals surface area contributed by atoms with Crippen LogP contribution in [-0.4, -0.2) is 41.6 Å². The highest BCUT2D eigenvalue weighted by Crippen LogP contribution is 2.30. The van der Waals surface area contributed by atoms with Crippen LogP contribution in [0, 0.1) is 0 Å². The van der Waals surface area contributed by atoms with Crippen LogP contribution in [-0.2, 0) is 17.5 Å². The molecule has 0 aromatic carbocycles. The fourth-order valence-corrected chi connectivity index (χ4v) is 2.51. The average Bonchev–Trinajstić information content (AvgIpc) is 2.84. The van der Waals surface area contributed by atoms with Crippen molar-refractivity contribution in [2.75, 3.05) is 19.7 Å². The number of nitrogens with zero attached hydrogens (tertiary/aromatic N) is 3. The lowest BCUT2D eigenvalue weighted by Gasteiger charge is -2.31. The van der Waals surface area contributed by atoms with E-state index in [0.717, 1.165) is 16.7 Å². The lowest BCUT2D eigenvalue weighted by molar-refractivity contribution is -0.140. The van der Waals surface area contributed by atoms with Gasteiger partial charge in [-0.25, -0.2) is 9.98 Å². The zero-order valence-electron chi connectivity index (χ0n) is 11.3. The van der Waals surface area contributed by atoms with Gasteiger partial charge in [0, 0.05) is 18.5 Å². The molecule has 0 spiro atoms. The van der Waals surface area contributed by atoms with Gasteiger partial charge in [-0.2, -0.15) is 13.2 Å². The molecule has 5 nitrogen and oxygen atoms in total. The summed E-state index contributed by atoms with van der Waals surface area (Å²) in [5, 5.41) is 1.28. The van der Waals surface area contributed by atoms with Crippen molar-refractivity contribution in [1.82, 2.24) is 9.88 Å². The summed E-state index contributed by atoms with van der Waals surface area (Å²) in [5.41, 5.74) is 4.94. The van der Waals surface area contributed by atoms with Crippen LogP contribution < -0.4 is 5.73 Å². The van der Waals surface area contributed by atoms with E-state index in [1.54, 1.807) is 0 Å². The summed E-state index contributed by atoms with van der Waals surface area (Å²) in [6.07, 6.45) is -4.35. The van der Waals surface area contributed by atoms with Gasteiger partial charge in [-0.1, -0.05) is 0 Å². The van der Waals surface area contributed by atoms with Gasteiger partial charge in [0.2, 0.25) is 0 Å². The van der Waals surface area contributed by atoms with Crippen LogP contribution in [0.2, 0.25) is 0 Å². The van der Waals surface area contributed by atoms with E-state index in [9.17, 15) is 13.2 Å². The molecule has 0 aliphatic carbocycles. The standard InChI is InChI=1S/C11H15F3N4OS.HI/c1-7-5-18(2-3-19-7)10(15)16-4-9-17-8(6-20-9)11(12,13)14;/h6-7H,2-5H2,1H3,(H2,15,16);1H. The average molecular weight is 436 g/mol. The van der Waals surface area contributed by atoms with Crippen molar-refractivity contribution in [3.05, 3.63) is 16.1 Å². The van der Waals surface area contributed by atoms with E-state index in [0.29, 0.717) is 30.7 Å². The minimum atomic E-state index is -4.41. The third kappa shape index (κ3) is 5.25. The molecular formula is C11H16F3IN4OS. The number of aliphatic imine (C=N–C) groups is 1. The third-order valence-corrected chi connectivity index (χ3v) is 3.62. The summed E-state index contributed by atoms with van der Waals surface area (Å²) in [6, 6.07) is 0. The van der Waals surface area contributed by atoms with Crippen LogP contribution in [0.3, 0.4) is 0 Å². The molecule has 1 aromatic heterocycles. The van der Waals surface area contributed by atoms with Crippen molar-refractivity contribution >= 4 is 41.3 Å². The van der Waals surface area contributed by atoms with Gasteiger partial charge in [0.15, 0.2) is 11.7 Å². The molecule has 1 aliphatic heterocycles. The van der Waals surface area contributed by atoms with Crippen molar-refractivity contribution in [3.63, 3.8) is 0 Å². The minimum Gasteiger partial charge on any atom is -0.375 e. The van der Waals surface area contributed by atoms with Crippen molar-refractivity contribution < 1.29 is 17.9 Å². The maximum absolute atomic E-state index is 12.4. The summed E-state index contributed by atoms with van der Waals surface area (Å²) in [5.74, 6) is 0.309. The smallest absolute Gasteiger partial charge is 0.375 e. The Kier molecular flexibility index (Phi) is 6.66. The van der Waals surface area contributed by atoms with Crippen molar-refractivity contribution in [3.8, 4) is 0 Å². The topological polar surface area (TPSA) is 63.7 Å². The van der Waals surface area contributed by atoms with Gasteiger partial charge in [-0.15, -0.1) is 35.3 Å². The van der Waals surface area contributed by atoms with Crippen LogP contribution in [0.25, 0.3) is 0 Å². The molecule has 1 aromatic rings. The van der Waals surface area contributed by atoms with Crippen molar-refractivity contribution in [2.24, 2.45) is 10.7 Å². The first-order chi connectivity index (χ1) is 9.36. The number of alkyl halides is 3. The van der Waals surface area contributed by atoms with Crippen LogP contribution in [0.5, 0.6) is 0 Å². The number of aromatic nitrogens is 1. The zero-order valence-corrected chi connectivity index (χ0v) is 14.4. The first-order valence-electron chi connectivity index (χ1n) is 6.04. The first kappa shape index (κ1) is 18.4. The SMILES string of the molecule is CC1CN(C(N)=NCc2nc(C(F)(F)F)cs2)CCO1.I. The summed E-state index contributed by atoms with van der Waals surface area (Å²) in [6.45, 7) is 3.80. The van der Waals surface area contributed by atoms with Gasteiger partial charge in [0.25, 0.3) is 0 Å². The van der Waals surface area contributed by atoms with Crippen LogP contribution in [0.1, 0.15) is 17.6 Å². The number of thiazole rings is 1. The number of hydrogen-bond donors (Lipinski definition) is 1. The molecule has 1 atom stereocenters. The molecule has 2 heterocycles. The van der Waals surface area contributed by atoms with E-state index < -0.39 is 11.9 Å². The quantitative estimate of drug-likeness (QED) is 0.439. The van der Waals surface area contributed by atoms with Gasteiger partial charge < -0.3 is 15.4 Å². The van der Waals surface area contributed by atoms with E-state index in [1.807, 2.05) is 11.8 Å². The molecule has 0 radical (unpaired) electrons. The van der Waals surface area contributed by atoms with E-state index in [1.165, 1.54) is 0 Å². The summed E-state index contributed by atoms with van der Waals surface area (Å²) in [4.78, 5) is 9.45. The predicted octanol–water partition coefficient (Wildman–Crippen LogP) is 2.32. The van der Waals surface area contributed by atoms with E-state index >= 15 is 0 Å². The number of hydrogen-bond acceptors (Lipinski definition) is 4. The Morgan fingerprint density at radius 2 is 2.33 bits per heavy atom. The Morgan fingerprint density at radius 1 is 1.62 bits per heavy atom. The number of ether oxygens (including phenoxy) is 1. The fraction of sp³-hybridized carbons (Fsp3) is 0.636. The highest BCUT2D eigenvalue weighted by molar-refractivity contribution is 14.0. The predicted molar refractivity (Wildman–Crippen MR) is 84.8 cm³/mol. The monoisotopic (exact) mass is 436 g/mol. The number of nitrogens with two attached hydrogens (primary N) is 1. The van der Waals surface area contributed by atoms with Crippen LogP contribution in [0.15, 0.2) is 10.4 Å². The number of halogens is 4. The van der Waals surface area contributed by atoms with E-state index in [-0.39, 0.29) is 36.6 Å². The Morgan fingerprint density at radius 3 is 2.90 bits per heavy atom. The largest absolute Gasteiger partial charge is 0.434 e. The second-order valence-corrected chi connectivity index (χ2v) is 5.37. The lowest BCUT2D eigenvalue weighted by atomic mass is 10.3. The molecule has 10 heteroatoms. The molecule has 21 heavy (non-hydrogen) atoms. The van der Waals surface area contributed by atoms with Gasteiger partial charge in [-0.3, -0.25) is 0 Å². The second-order valence-electron chi connectivity index (χ2n) is 4.43. The maximum Gasteiger partial charge on any atom is 0.434 e. The van der Waals surface area contributed by atoms with Gasteiger partial charge >= 0.3 is 6.18 Å². The zero-order chi connectivity index (χ0) is 14.8. The molecule has 2 rings (SSSR count). The van der Waals surface area contributed by atoms with Crippen LogP contribution in [0.4, 0.5) is 13.2 Å². The molecule has 2 N–H and O–H groups in total. The fourth-order valence-electron chi connectivity index (χ4n) is 1.79. The van der Waals surface area contributed by atoms with Crippen molar-refractivity contribution in [1.29, 1.82) is 0 Å². The molecule has 0 bridgehead atoms. The molecule has 0 amide bonds. The van der Waals surface area contributed by atoms with Crippen molar-refractivity contribution in [2.45, 2.75) is 25.7 Å². The highest BCUT2D eigenvalue weighted by atomic mass is 127. The molecule has 120 valence electrons. The lowest BCUT2D eigenvalue weighted by Crippen LogP contribution is -2.47. The highest BCUT2D eigenvalue weighted by Gasteiger charge is 2.33. The second kappa shape index (κ2) is 7.58. The first-order valence-corrected chi connectivity index (χ1v) is 6.92. The Hall–Kier alpha value is -0.620. The number of rotatable bonds is 2. The summed E-state index contributed by atoms with van der Waals surface area (Å²) in [7, 11) is 0. The third-order valence-electron chi connectivity index (χ3n) is 2.78. The number of guanidine groups is 1. The molecule has 1 unspecified atom stereocenters. The molecule has 1 fully saturated rings. The Labute approximate surface area is 141 Å². The molecular weight excluding hydrogens is 420 g/mol. The summed E-state index contributed by atoms with van der Waals surface area (Å²) < 4.78 is 42.6. The maximum atomic E-state index is 12.4.